The zero-order chi connectivity index (χ0) is 15.0. The average Bonchev–Trinajstić information content (AvgIpc) is 2.89. The van der Waals surface area contributed by atoms with Crippen LogP contribution >= 0.6 is 11.8 Å². The first kappa shape index (κ1) is 14.0. The van der Waals surface area contributed by atoms with E-state index in [1.807, 2.05) is 30.5 Å². The van der Waals surface area contributed by atoms with E-state index in [0.717, 1.165) is 22.6 Å². The van der Waals surface area contributed by atoms with Gasteiger partial charge in [-0.15, -0.1) is 11.8 Å². The van der Waals surface area contributed by atoms with Gasteiger partial charge in [-0.3, -0.25) is 0 Å². The first-order valence-electron chi connectivity index (χ1n) is 6.19. The Hall–Kier alpha value is -1.95. The van der Waals surface area contributed by atoms with Crippen LogP contribution in [0.5, 0.6) is 0 Å². The molecule has 3 rings (SSSR count). The highest BCUT2D eigenvalue weighted by atomic mass is 32.2. The Kier molecular flexibility index (Phi) is 3.41. The molecule has 2 nitrogen and oxygen atoms in total. The lowest BCUT2D eigenvalue weighted by Crippen LogP contribution is -2.04. The number of fused-ring (bicyclic) bond motifs is 1. The molecule has 3 aromatic rings. The van der Waals surface area contributed by atoms with Crippen LogP contribution in [0.1, 0.15) is 5.56 Å². The number of aromatic amines is 1. The summed E-state index contributed by atoms with van der Waals surface area (Å²) in [5.74, 6) is 0.567. The Labute approximate surface area is 123 Å². The summed E-state index contributed by atoms with van der Waals surface area (Å²) < 4.78 is 38.1. The molecular formula is C15H11F3N2S. The number of rotatable bonds is 2. The molecule has 0 fully saturated rings. The summed E-state index contributed by atoms with van der Waals surface area (Å²) >= 11 is 1.63. The highest BCUT2D eigenvalue weighted by molar-refractivity contribution is 7.98. The second-order valence-corrected chi connectivity index (χ2v) is 5.42. The van der Waals surface area contributed by atoms with Crippen molar-refractivity contribution in [2.45, 2.75) is 11.1 Å². The van der Waals surface area contributed by atoms with E-state index in [2.05, 4.69) is 9.97 Å². The van der Waals surface area contributed by atoms with Crippen molar-refractivity contribution in [3.05, 3.63) is 48.0 Å². The van der Waals surface area contributed by atoms with Crippen molar-refractivity contribution < 1.29 is 13.2 Å². The zero-order valence-electron chi connectivity index (χ0n) is 11.0. The number of alkyl halides is 3. The van der Waals surface area contributed by atoms with E-state index in [-0.39, 0.29) is 0 Å². The van der Waals surface area contributed by atoms with Gasteiger partial charge in [-0.2, -0.15) is 13.2 Å². The third kappa shape index (κ3) is 2.76. The number of H-pyrrole nitrogens is 1. The Morgan fingerprint density at radius 2 is 1.76 bits per heavy atom. The Morgan fingerprint density at radius 1 is 1.05 bits per heavy atom. The van der Waals surface area contributed by atoms with Gasteiger partial charge in [-0.1, -0.05) is 12.1 Å². The maximum Gasteiger partial charge on any atom is 0.416 e. The van der Waals surface area contributed by atoms with Gasteiger partial charge >= 0.3 is 6.18 Å². The lowest BCUT2D eigenvalue weighted by atomic mass is 10.2. The summed E-state index contributed by atoms with van der Waals surface area (Å²) in [6.45, 7) is 0. The van der Waals surface area contributed by atoms with E-state index in [9.17, 15) is 13.2 Å². The lowest BCUT2D eigenvalue weighted by molar-refractivity contribution is -0.137. The first-order chi connectivity index (χ1) is 9.97. The molecular weight excluding hydrogens is 297 g/mol. The van der Waals surface area contributed by atoms with Crippen molar-refractivity contribution in [3.63, 3.8) is 0 Å². The predicted molar refractivity (Wildman–Crippen MR) is 78.3 cm³/mol. The predicted octanol–water partition coefficient (Wildman–Crippen LogP) is 4.97. The number of imidazole rings is 1. The minimum Gasteiger partial charge on any atom is -0.338 e. The molecule has 0 aliphatic rings. The van der Waals surface area contributed by atoms with E-state index in [0.29, 0.717) is 16.9 Å². The van der Waals surface area contributed by atoms with Crippen LogP contribution in [0.3, 0.4) is 0 Å². The van der Waals surface area contributed by atoms with Crippen molar-refractivity contribution in [1.82, 2.24) is 9.97 Å². The second-order valence-electron chi connectivity index (χ2n) is 4.54. The summed E-state index contributed by atoms with van der Waals surface area (Å²) in [4.78, 5) is 8.40. The van der Waals surface area contributed by atoms with Crippen LogP contribution in [0.15, 0.2) is 47.4 Å². The number of nitrogens with zero attached hydrogens (tertiary/aromatic N) is 1. The van der Waals surface area contributed by atoms with E-state index in [4.69, 9.17) is 0 Å². The number of thioether (sulfide) groups is 1. The maximum absolute atomic E-state index is 12.7. The molecule has 108 valence electrons. The molecule has 0 saturated carbocycles. The van der Waals surface area contributed by atoms with Crippen LogP contribution in [0.2, 0.25) is 0 Å². The monoisotopic (exact) mass is 308 g/mol. The number of hydrogen-bond donors (Lipinski definition) is 1. The van der Waals surface area contributed by atoms with E-state index < -0.39 is 11.7 Å². The van der Waals surface area contributed by atoms with Gasteiger partial charge in [0.05, 0.1) is 16.6 Å². The van der Waals surface area contributed by atoms with Gasteiger partial charge in [-0.25, -0.2) is 4.98 Å². The highest BCUT2D eigenvalue weighted by Crippen LogP contribution is 2.31. The Balaban J connectivity index is 2.04. The summed E-state index contributed by atoms with van der Waals surface area (Å²) in [7, 11) is 0. The van der Waals surface area contributed by atoms with Crippen LogP contribution in [0.25, 0.3) is 22.4 Å². The second kappa shape index (κ2) is 5.11. The van der Waals surface area contributed by atoms with Gasteiger partial charge < -0.3 is 4.98 Å². The molecule has 0 aliphatic carbocycles. The van der Waals surface area contributed by atoms with Crippen LogP contribution in [0.4, 0.5) is 13.2 Å². The highest BCUT2D eigenvalue weighted by Gasteiger charge is 2.30. The van der Waals surface area contributed by atoms with Gasteiger partial charge in [0.25, 0.3) is 0 Å². The van der Waals surface area contributed by atoms with Gasteiger partial charge in [0.15, 0.2) is 0 Å². The molecule has 0 aliphatic heterocycles. The van der Waals surface area contributed by atoms with Crippen molar-refractivity contribution in [2.24, 2.45) is 0 Å². The third-order valence-corrected chi connectivity index (χ3v) is 3.92. The molecule has 2 aromatic carbocycles. The molecule has 0 radical (unpaired) electrons. The minimum atomic E-state index is -4.35. The maximum atomic E-state index is 12.7. The fraction of sp³-hybridized carbons (Fsp3) is 0.133. The smallest absolute Gasteiger partial charge is 0.338 e. The van der Waals surface area contributed by atoms with Crippen LogP contribution in [-0.4, -0.2) is 16.2 Å². The van der Waals surface area contributed by atoms with Gasteiger partial charge in [0.2, 0.25) is 0 Å². The number of hydrogen-bond acceptors (Lipinski definition) is 2. The summed E-state index contributed by atoms with van der Waals surface area (Å²) in [5, 5.41) is 0. The zero-order valence-corrected chi connectivity index (χ0v) is 11.8. The third-order valence-electron chi connectivity index (χ3n) is 3.17. The topological polar surface area (TPSA) is 28.7 Å². The number of nitrogens with one attached hydrogen (secondary N) is 1. The Morgan fingerprint density at radius 3 is 2.38 bits per heavy atom. The van der Waals surface area contributed by atoms with Crippen molar-refractivity contribution in [3.8, 4) is 11.4 Å². The molecule has 0 amide bonds. The molecule has 0 saturated heterocycles. The molecule has 0 atom stereocenters. The average molecular weight is 308 g/mol. The van der Waals surface area contributed by atoms with E-state index in [1.165, 1.54) is 6.07 Å². The van der Waals surface area contributed by atoms with Crippen LogP contribution in [0, 0.1) is 0 Å². The van der Waals surface area contributed by atoms with Gasteiger partial charge in [0, 0.05) is 10.5 Å². The SMILES string of the molecule is CSc1ccc(-c2nc3ccc(C(F)(F)F)cc3[nH]2)cc1. The van der Waals surface area contributed by atoms with Gasteiger partial charge in [0.1, 0.15) is 5.82 Å². The summed E-state index contributed by atoms with van der Waals surface area (Å²) in [6, 6.07) is 11.2. The molecule has 1 heterocycles. The van der Waals surface area contributed by atoms with Crippen LogP contribution in [-0.2, 0) is 6.18 Å². The van der Waals surface area contributed by atoms with E-state index >= 15 is 0 Å². The molecule has 0 unspecified atom stereocenters. The summed E-state index contributed by atoms with van der Waals surface area (Å²) in [5.41, 5.74) is 1.07. The normalized spacial score (nSPS) is 12.0. The largest absolute Gasteiger partial charge is 0.416 e. The fourth-order valence-electron chi connectivity index (χ4n) is 2.07. The molecule has 0 bridgehead atoms. The Bertz CT molecular complexity index is 776. The van der Waals surface area contributed by atoms with E-state index in [1.54, 1.807) is 11.8 Å². The lowest BCUT2D eigenvalue weighted by Gasteiger charge is -2.05. The molecule has 0 spiro atoms. The van der Waals surface area contributed by atoms with Crippen molar-refractivity contribution in [1.29, 1.82) is 0 Å². The molecule has 21 heavy (non-hydrogen) atoms. The quantitative estimate of drug-likeness (QED) is 0.677. The van der Waals surface area contributed by atoms with Crippen molar-refractivity contribution >= 4 is 22.8 Å². The van der Waals surface area contributed by atoms with Crippen molar-refractivity contribution in [2.75, 3.05) is 6.26 Å². The number of benzene rings is 2. The fourth-order valence-corrected chi connectivity index (χ4v) is 2.48. The number of aromatic nitrogens is 2. The first-order valence-corrected chi connectivity index (χ1v) is 7.41. The van der Waals surface area contributed by atoms with Crippen LogP contribution < -0.4 is 0 Å². The van der Waals surface area contributed by atoms with Gasteiger partial charge in [-0.05, 0) is 36.6 Å². The summed E-state index contributed by atoms with van der Waals surface area (Å²) in [6.07, 6.45) is -2.37. The minimum absolute atomic E-state index is 0.383. The molecule has 6 heteroatoms. The molecule has 1 aromatic heterocycles. The molecule has 1 N–H and O–H groups in total. The number of halogens is 3. The standard InChI is InChI=1S/C15H11F3N2S/c1-21-11-5-2-9(3-6-11)14-19-12-7-4-10(15(16,17)18)8-13(12)20-14/h2-8H,1H3,(H,19,20).